The van der Waals surface area contributed by atoms with Crippen LogP contribution in [0.15, 0.2) is 71.3 Å². The van der Waals surface area contributed by atoms with E-state index in [1.165, 1.54) is 0 Å². The predicted octanol–water partition coefficient (Wildman–Crippen LogP) is 3.59. The number of para-hydroxylation sites is 1. The molecule has 0 aliphatic carbocycles. The lowest BCUT2D eigenvalue weighted by Crippen LogP contribution is -2.42. The van der Waals surface area contributed by atoms with Crippen LogP contribution in [-0.4, -0.2) is 21.8 Å². The van der Waals surface area contributed by atoms with Crippen LogP contribution in [0.3, 0.4) is 0 Å². The number of aryl methyl sites for hydroxylation is 2. The number of benzene rings is 2. The zero-order valence-corrected chi connectivity index (χ0v) is 16.4. The van der Waals surface area contributed by atoms with Crippen molar-refractivity contribution in [2.45, 2.75) is 19.8 Å². The van der Waals surface area contributed by atoms with Crippen LogP contribution in [0.4, 0.5) is 0 Å². The van der Waals surface area contributed by atoms with Gasteiger partial charge in [-0.15, -0.1) is 0 Å². The van der Waals surface area contributed by atoms with Crippen molar-refractivity contribution in [3.8, 4) is 11.3 Å². The fourth-order valence-electron chi connectivity index (χ4n) is 2.94. The van der Waals surface area contributed by atoms with E-state index in [1.807, 2.05) is 61.5 Å². The molecule has 2 aromatic carbocycles. The molecule has 2 amide bonds. The van der Waals surface area contributed by atoms with E-state index in [1.54, 1.807) is 12.3 Å². The Morgan fingerprint density at radius 1 is 0.967 bits per heavy atom. The first-order chi connectivity index (χ1) is 14.6. The summed E-state index contributed by atoms with van der Waals surface area (Å²) in [6.45, 7) is 2.02. The Balaban J connectivity index is 1.28. The topological polar surface area (TPSA) is 97.1 Å². The number of fused-ring (bicyclic) bond motifs is 1. The quantitative estimate of drug-likeness (QED) is 0.499. The minimum absolute atomic E-state index is 0.124. The van der Waals surface area contributed by atoms with Crippen LogP contribution in [0.2, 0.25) is 0 Å². The maximum absolute atomic E-state index is 12.2. The third kappa shape index (κ3) is 4.52. The van der Waals surface area contributed by atoms with Gasteiger partial charge in [0.05, 0.1) is 11.7 Å². The lowest BCUT2D eigenvalue weighted by atomic mass is 10.1. The van der Waals surface area contributed by atoms with Crippen LogP contribution in [0.1, 0.15) is 28.4 Å². The SMILES string of the molecule is Cc1ccc(-c2cnc(CCC(=O)NNC(=O)c3ccc4ccccc4n3)o2)cc1. The van der Waals surface area contributed by atoms with Gasteiger partial charge in [0.25, 0.3) is 5.91 Å². The highest BCUT2D eigenvalue weighted by atomic mass is 16.4. The summed E-state index contributed by atoms with van der Waals surface area (Å²) in [7, 11) is 0. The molecule has 0 aliphatic rings. The van der Waals surface area contributed by atoms with Crippen molar-refractivity contribution in [2.24, 2.45) is 0 Å². The molecule has 4 rings (SSSR count). The molecule has 2 aromatic heterocycles. The van der Waals surface area contributed by atoms with Gasteiger partial charge in [-0.1, -0.05) is 54.1 Å². The molecule has 0 radical (unpaired) electrons. The van der Waals surface area contributed by atoms with E-state index in [0.29, 0.717) is 23.6 Å². The zero-order valence-electron chi connectivity index (χ0n) is 16.4. The number of nitrogens with zero attached hydrogens (tertiary/aromatic N) is 2. The second kappa shape index (κ2) is 8.57. The van der Waals surface area contributed by atoms with Crippen molar-refractivity contribution >= 4 is 22.7 Å². The Labute approximate surface area is 173 Å². The first-order valence-electron chi connectivity index (χ1n) is 9.55. The molecule has 2 heterocycles. The van der Waals surface area contributed by atoms with E-state index < -0.39 is 5.91 Å². The maximum Gasteiger partial charge on any atom is 0.288 e. The number of carbonyl (C=O) groups is 2. The molecule has 2 N–H and O–H groups in total. The summed E-state index contributed by atoms with van der Waals surface area (Å²) in [6, 6.07) is 18.8. The highest BCUT2D eigenvalue weighted by Gasteiger charge is 2.12. The van der Waals surface area contributed by atoms with E-state index in [2.05, 4.69) is 20.8 Å². The van der Waals surface area contributed by atoms with Gasteiger partial charge in [-0.2, -0.15) is 0 Å². The molecular weight excluding hydrogens is 380 g/mol. The van der Waals surface area contributed by atoms with Crippen molar-refractivity contribution in [3.05, 3.63) is 84.0 Å². The van der Waals surface area contributed by atoms with E-state index in [-0.39, 0.29) is 18.0 Å². The molecule has 4 aromatic rings. The van der Waals surface area contributed by atoms with Crippen LogP contribution in [-0.2, 0) is 11.2 Å². The molecule has 0 bridgehead atoms. The lowest BCUT2D eigenvalue weighted by molar-refractivity contribution is -0.121. The number of aromatic nitrogens is 2. The number of hydrogen-bond acceptors (Lipinski definition) is 5. The highest BCUT2D eigenvalue weighted by Crippen LogP contribution is 2.21. The second-order valence-corrected chi connectivity index (χ2v) is 6.88. The van der Waals surface area contributed by atoms with Gasteiger partial charge in [-0.05, 0) is 19.1 Å². The van der Waals surface area contributed by atoms with Crippen molar-refractivity contribution in [3.63, 3.8) is 0 Å². The van der Waals surface area contributed by atoms with E-state index >= 15 is 0 Å². The first-order valence-corrected chi connectivity index (χ1v) is 9.55. The molecule has 0 spiro atoms. The summed E-state index contributed by atoms with van der Waals surface area (Å²) in [5.74, 6) is 0.287. The zero-order chi connectivity index (χ0) is 20.9. The number of hydrogen-bond donors (Lipinski definition) is 2. The van der Waals surface area contributed by atoms with Gasteiger partial charge >= 0.3 is 0 Å². The minimum Gasteiger partial charge on any atom is -0.441 e. The Hall–Kier alpha value is -4.00. The number of amides is 2. The van der Waals surface area contributed by atoms with Gasteiger partial charge in [-0.25, -0.2) is 9.97 Å². The van der Waals surface area contributed by atoms with Crippen molar-refractivity contribution < 1.29 is 14.0 Å². The van der Waals surface area contributed by atoms with Gasteiger partial charge in [0.1, 0.15) is 5.69 Å². The summed E-state index contributed by atoms with van der Waals surface area (Å²) in [4.78, 5) is 32.8. The van der Waals surface area contributed by atoms with E-state index in [4.69, 9.17) is 4.42 Å². The molecule has 0 unspecified atom stereocenters. The normalized spacial score (nSPS) is 10.7. The third-order valence-electron chi connectivity index (χ3n) is 4.60. The molecule has 7 heteroatoms. The smallest absolute Gasteiger partial charge is 0.288 e. The molecule has 150 valence electrons. The fraction of sp³-hybridized carbons (Fsp3) is 0.130. The second-order valence-electron chi connectivity index (χ2n) is 6.88. The van der Waals surface area contributed by atoms with Crippen molar-refractivity contribution in [2.75, 3.05) is 0 Å². The average molecular weight is 400 g/mol. The Morgan fingerprint density at radius 3 is 2.60 bits per heavy atom. The minimum atomic E-state index is -0.480. The summed E-state index contributed by atoms with van der Waals surface area (Å²) < 4.78 is 5.71. The standard InChI is InChI=1S/C23H20N4O3/c1-15-6-8-17(9-7-15)20-14-24-22(30-20)13-12-21(28)26-27-23(29)19-11-10-16-4-2-3-5-18(16)25-19/h2-11,14H,12-13H2,1H3,(H,26,28)(H,27,29). The molecule has 0 saturated heterocycles. The highest BCUT2D eigenvalue weighted by molar-refractivity contribution is 5.95. The number of pyridine rings is 1. The number of nitrogens with one attached hydrogen (secondary N) is 2. The molecule has 0 fully saturated rings. The Kier molecular flexibility index (Phi) is 5.52. The van der Waals surface area contributed by atoms with Gasteiger partial charge in [0.2, 0.25) is 5.91 Å². The van der Waals surface area contributed by atoms with E-state index in [0.717, 1.165) is 16.5 Å². The van der Waals surface area contributed by atoms with Crippen molar-refractivity contribution in [1.29, 1.82) is 0 Å². The van der Waals surface area contributed by atoms with Crippen LogP contribution < -0.4 is 10.9 Å². The fourth-order valence-corrected chi connectivity index (χ4v) is 2.94. The lowest BCUT2D eigenvalue weighted by Gasteiger charge is -2.07. The molecule has 0 saturated carbocycles. The molecule has 30 heavy (non-hydrogen) atoms. The van der Waals surface area contributed by atoms with E-state index in [9.17, 15) is 9.59 Å². The Morgan fingerprint density at radius 2 is 1.77 bits per heavy atom. The van der Waals surface area contributed by atoms with Crippen LogP contribution >= 0.6 is 0 Å². The largest absolute Gasteiger partial charge is 0.441 e. The third-order valence-corrected chi connectivity index (χ3v) is 4.60. The maximum atomic E-state index is 12.2. The molecule has 0 atom stereocenters. The van der Waals surface area contributed by atoms with Crippen molar-refractivity contribution in [1.82, 2.24) is 20.8 Å². The van der Waals surface area contributed by atoms with Gasteiger partial charge < -0.3 is 4.42 Å². The summed E-state index contributed by atoms with van der Waals surface area (Å²) in [6.07, 6.45) is 2.09. The van der Waals surface area contributed by atoms with Gasteiger partial charge in [-0.3, -0.25) is 20.4 Å². The van der Waals surface area contributed by atoms with Crippen LogP contribution in [0.25, 0.3) is 22.2 Å². The van der Waals surface area contributed by atoms with Crippen LogP contribution in [0, 0.1) is 6.92 Å². The monoisotopic (exact) mass is 400 g/mol. The average Bonchev–Trinajstić information content (AvgIpc) is 3.25. The first kappa shape index (κ1) is 19.3. The number of rotatable bonds is 5. The number of carbonyl (C=O) groups excluding carboxylic acids is 2. The van der Waals surface area contributed by atoms with Gasteiger partial charge in [0.15, 0.2) is 11.7 Å². The molecule has 0 aliphatic heterocycles. The molecule has 7 nitrogen and oxygen atoms in total. The summed E-state index contributed by atoms with van der Waals surface area (Å²) >= 11 is 0. The summed E-state index contributed by atoms with van der Waals surface area (Å²) in [5.41, 5.74) is 7.81. The number of hydrazine groups is 1. The predicted molar refractivity (Wildman–Crippen MR) is 112 cm³/mol. The molecular formula is C23H20N4O3. The number of oxazole rings is 1. The Bertz CT molecular complexity index is 1200. The van der Waals surface area contributed by atoms with Crippen LogP contribution in [0.5, 0.6) is 0 Å². The van der Waals surface area contributed by atoms with Gasteiger partial charge in [0, 0.05) is 23.8 Å². The summed E-state index contributed by atoms with van der Waals surface area (Å²) in [5, 5.41) is 0.939.